The Balaban J connectivity index is 1.66. The molecule has 0 unspecified atom stereocenters. The third-order valence-corrected chi connectivity index (χ3v) is 6.34. The van der Waals surface area contributed by atoms with Gasteiger partial charge in [0.2, 0.25) is 5.91 Å². The SMILES string of the molecule is N#Cc1c2n(c(=O)n(CC(=O)N(Cc3ccc(F)cc3)C3CCCCC3)c1=O)CCC2. The second kappa shape index (κ2) is 8.88. The van der Waals surface area contributed by atoms with Crippen molar-refractivity contribution in [1.29, 1.82) is 5.26 Å². The molecule has 4 rings (SSSR count). The molecular weight excluding hydrogens is 399 g/mol. The third kappa shape index (κ3) is 4.18. The van der Waals surface area contributed by atoms with Crippen LogP contribution in [-0.2, 0) is 30.8 Å². The molecule has 0 saturated heterocycles. The van der Waals surface area contributed by atoms with Crippen molar-refractivity contribution >= 4 is 5.91 Å². The van der Waals surface area contributed by atoms with E-state index in [0.717, 1.165) is 42.2 Å². The van der Waals surface area contributed by atoms with E-state index in [4.69, 9.17) is 0 Å². The predicted octanol–water partition coefficient (Wildman–Crippen LogP) is 2.33. The van der Waals surface area contributed by atoms with Crippen molar-refractivity contribution in [3.8, 4) is 6.07 Å². The van der Waals surface area contributed by atoms with Gasteiger partial charge in [-0.1, -0.05) is 31.4 Å². The number of fused-ring (bicyclic) bond motifs is 1. The van der Waals surface area contributed by atoms with Crippen molar-refractivity contribution in [3.05, 3.63) is 67.7 Å². The van der Waals surface area contributed by atoms with E-state index < -0.39 is 17.8 Å². The first kappa shape index (κ1) is 21.0. The summed E-state index contributed by atoms with van der Waals surface area (Å²) in [4.78, 5) is 40.8. The van der Waals surface area contributed by atoms with Crippen LogP contribution in [0.4, 0.5) is 4.39 Å². The Labute approximate surface area is 179 Å². The number of nitrogens with zero attached hydrogens (tertiary/aromatic N) is 4. The highest BCUT2D eigenvalue weighted by Gasteiger charge is 2.28. The molecule has 1 aliphatic heterocycles. The summed E-state index contributed by atoms with van der Waals surface area (Å²) in [7, 11) is 0. The van der Waals surface area contributed by atoms with Crippen LogP contribution in [0, 0.1) is 17.1 Å². The van der Waals surface area contributed by atoms with Gasteiger partial charge in [0.15, 0.2) is 0 Å². The summed E-state index contributed by atoms with van der Waals surface area (Å²) < 4.78 is 15.7. The van der Waals surface area contributed by atoms with Gasteiger partial charge in [-0.05, 0) is 43.4 Å². The van der Waals surface area contributed by atoms with E-state index in [-0.39, 0.29) is 29.9 Å². The second-order valence-electron chi connectivity index (χ2n) is 8.30. The largest absolute Gasteiger partial charge is 0.334 e. The number of halogens is 1. The lowest BCUT2D eigenvalue weighted by molar-refractivity contribution is -0.135. The minimum atomic E-state index is -0.695. The van der Waals surface area contributed by atoms with Crippen molar-refractivity contribution in [2.24, 2.45) is 0 Å². The number of benzene rings is 1. The van der Waals surface area contributed by atoms with Gasteiger partial charge in [0.1, 0.15) is 24.0 Å². The Hall–Kier alpha value is -3.21. The van der Waals surface area contributed by atoms with Crippen LogP contribution in [0.3, 0.4) is 0 Å². The lowest BCUT2D eigenvalue weighted by Gasteiger charge is -2.34. The molecule has 7 nitrogen and oxygen atoms in total. The van der Waals surface area contributed by atoms with Gasteiger partial charge < -0.3 is 4.90 Å². The van der Waals surface area contributed by atoms with Crippen molar-refractivity contribution in [2.45, 2.75) is 70.6 Å². The predicted molar refractivity (Wildman–Crippen MR) is 112 cm³/mol. The molecule has 8 heteroatoms. The summed E-state index contributed by atoms with van der Waals surface area (Å²) in [6.07, 6.45) is 6.06. The van der Waals surface area contributed by atoms with Crippen LogP contribution in [0.25, 0.3) is 0 Å². The number of hydrogen-bond donors (Lipinski definition) is 0. The number of carbonyl (C=O) groups excluding carboxylic acids is 1. The van der Waals surface area contributed by atoms with Crippen LogP contribution >= 0.6 is 0 Å². The Morgan fingerprint density at radius 2 is 1.84 bits per heavy atom. The fraction of sp³-hybridized carbons (Fsp3) is 0.478. The van der Waals surface area contributed by atoms with E-state index in [1.807, 2.05) is 6.07 Å². The second-order valence-corrected chi connectivity index (χ2v) is 8.30. The van der Waals surface area contributed by atoms with Crippen LogP contribution in [-0.4, -0.2) is 26.0 Å². The molecular formula is C23H25FN4O3. The number of rotatable bonds is 5. The van der Waals surface area contributed by atoms with Crippen LogP contribution in [0.15, 0.2) is 33.9 Å². The molecule has 1 aromatic heterocycles. The molecule has 0 N–H and O–H groups in total. The average molecular weight is 424 g/mol. The quantitative estimate of drug-likeness (QED) is 0.737. The first-order valence-electron chi connectivity index (χ1n) is 10.8. The number of amides is 1. The maximum atomic E-state index is 13.3. The van der Waals surface area contributed by atoms with E-state index in [1.165, 1.54) is 16.7 Å². The van der Waals surface area contributed by atoms with Crippen molar-refractivity contribution in [1.82, 2.24) is 14.0 Å². The van der Waals surface area contributed by atoms with E-state index in [2.05, 4.69) is 0 Å². The zero-order chi connectivity index (χ0) is 22.0. The summed E-state index contributed by atoms with van der Waals surface area (Å²) in [5.74, 6) is -0.682. The molecule has 0 spiro atoms. The summed E-state index contributed by atoms with van der Waals surface area (Å²) in [5, 5.41) is 9.46. The topological polar surface area (TPSA) is 88.1 Å². The van der Waals surface area contributed by atoms with Crippen LogP contribution < -0.4 is 11.2 Å². The normalized spacial score (nSPS) is 16.0. The Morgan fingerprint density at radius 1 is 1.13 bits per heavy atom. The highest BCUT2D eigenvalue weighted by Crippen LogP contribution is 2.24. The van der Waals surface area contributed by atoms with Gasteiger partial charge in [0.05, 0.1) is 0 Å². The average Bonchev–Trinajstić information content (AvgIpc) is 3.27. The number of aromatic nitrogens is 2. The first-order valence-corrected chi connectivity index (χ1v) is 10.8. The lowest BCUT2D eigenvalue weighted by atomic mass is 9.93. The number of nitriles is 1. The zero-order valence-electron chi connectivity index (χ0n) is 17.3. The number of carbonyl (C=O) groups is 1. The van der Waals surface area contributed by atoms with E-state index in [0.29, 0.717) is 25.1 Å². The van der Waals surface area contributed by atoms with Crippen LogP contribution in [0.5, 0.6) is 0 Å². The fourth-order valence-corrected chi connectivity index (χ4v) is 4.71. The zero-order valence-corrected chi connectivity index (χ0v) is 17.3. The van der Waals surface area contributed by atoms with Crippen molar-refractivity contribution in [3.63, 3.8) is 0 Å². The van der Waals surface area contributed by atoms with Gasteiger partial charge in [0, 0.05) is 24.8 Å². The van der Waals surface area contributed by atoms with Gasteiger partial charge in [-0.15, -0.1) is 0 Å². The highest BCUT2D eigenvalue weighted by molar-refractivity contribution is 5.76. The molecule has 31 heavy (non-hydrogen) atoms. The molecule has 0 atom stereocenters. The Kier molecular flexibility index (Phi) is 6.03. The van der Waals surface area contributed by atoms with Gasteiger partial charge in [-0.25, -0.2) is 13.8 Å². The molecule has 0 radical (unpaired) electrons. The molecule has 2 aliphatic rings. The van der Waals surface area contributed by atoms with E-state index in [1.54, 1.807) is 17.0 Å². The van der Waals surface area contributed by atoms with E-state index >= 15 is 0 Å². The summed E-state index contributed by atoms with van der Waals surface area (Å²) in [5.41, 5.74) is -0.0186. The standard InChI is InChI=1S/C23H25FN4O3/c24-17-10-8-16(9-11-17)14-27(18-5-2-1-3-6-18)21(29)15-28-22(30)19(13-25)20-7-4-12-26(20)23(28)31/h8-11,18H,1-7,12,14-15H2. The van der Waals surface area contributed by atoms with Gasteiger partial charge in [-0.2, -0.15) is 5.26 Å². The minimum absolute atomic E-state index is 0.00891. The van der Waals surface area contributed by atoms with Gasteiger partial charge >= 0.3 is 5.69 Å². The highest BCUT2D eigenvalue weighted by atomic mass is 19.1. The smallest absolute Gasteiger partial charge is 0.331 e. The molecule has 162 valence electrons. The molecule has 0 bridgehead atoms. The lowest BCUT2D eigenvalue weighted by Crippen LogP contribution is -2.48. The minimum Gasteiger partial charge on any atom is -0.334 e. The van der Waals surface area contributed by atoms with E-state index in [9.17, 15) is 24.0 Å². The maximum Gasteiger partial charge on any atom is 0.331 e. The van der Waals surface area contributed by atoms with Gasteiger partial charge in [-0.3, -0.25) is 14.2 Å². The Bertz CT molecular complexity index is 1140. The van der Waals surface area contributed by atoms with Crippen LogP contribution in [0.2, 0.25) is 0 Å². The molecule has 1 amide bonds. The maximum absolute atomic E-state index is 13.3. The third-order valence-electron chi connectivity index (χ3n) is 6.34. The molecule has 1 fully saturated rings. The van der Waals surface area contributed by atoms with Crippen LogP contribution in [0.1, 0.15) is 55.3 Å². The molecule has 1 saturated carbocycles. The summed E-state index contributed by atoms with van der Waals surface area (Å²) >= 11 is 0. The summed E-state index contributed by atoms with van der Waals surface area (Å²) in [6, 6.07) is 7.93. The number of hydrogen-bond acceptors (Lipinski definition) is 4. The van der Waals surface area contributed by atoms with Crippen molar-refractivity contribution in [2.75, 3.05) is 0 Å². The van der Waals surface area contributed by atoms with Gasteiger partial charge in [0.25, 0.3) is 5.56 Å². The monoisotopic (exact) mass is 424 g/mol. The summed E-state index contributed by atoms with van der Waals surface area (Å²) in [6.45, 7) is 0.333. The molecule has 1 aliphatic carbocycles. The van der Waals surface area contributed by atoms with Crippen molar-refractivity contribution < 1.29 is 9.18 Å². The first-order chi connectivity index (χ1) is 15.0. The molecule has 2 heterocycles. The molecule has 2 aromatic rings. The Morgan fingerprint density at radius 3 is 2.52 bits per heavy atom. The fourth-order valence-electron chi connectivity index (χ4n) is 4.71. The molecule has 1 aromatic carbocycles.